The third-order valence-corrected chi connectivity index (χ3v) is 10.4. The van der Waals surface area contributed by atoms with Gasteiger partial charge in [-0.15, -0.1) is 6.58 Å². The first-order chi connectivity index (χ1) is 21.2. The molecule has 5 atom stereocenters. The lowest BCUT2D eigenvalue weighted by molar-refractivity contribution is -0.143. The molecule has 4 amide bonds. The van der Waals surface area contributed by atoms with Gasteiger partial charge >= 0.3 is 6.09 Å². The number of nitrogens with one attached hydrogen (secondary N) is 3. The Labute approximate surface area is 270 Å². The molecule has 46 heavy (non-hydrogen) atoms. The molecular weight excluding hydrogens is 616 g/mol. The van der Waals surface area contributed by atoms with Gasteiger partial charge in [-0.1, -0.05) is 39.0 Å². The van der Waals surface area contributed by atoms with E-state index < -0.39 is 79.2 Å². The molecule has 4 N–H and O–H groups in total. The van der Waals surface area contributed by atoms with Gasteiger partial charge in [-0.3, -0.25) is 19.1 Å². The molecule has 2 aliphatic carbocycles. The van der Waals surface area contributed by atoms with Gasteiger partial charge in [0.1, 0.15) is 34.6 Å². The maximum absolute atomic E-state index is 14.3. The molecule has 1 aromatic carbocycles. The SMILES string of the molecule is C=C[C@@H]1C[C@]1(NC(=O)[C@@H]1C[C@@](O)(c2ccc(OC)cc2)CN1C(=O)[C@@H](NC(=O)OC(C)(C)C)C(C)(C)C)C(=O)NS(=O)(=O)C1CC1. The van der Waals surface area contributed by atoms with Crippen LogP contribution in [0.1, 0.15) is 72.8 Å². The van der Waals surface area contributed by atoms with Crippen molar-refractivity contribution in [1.29, 1.82) is 0 Å². The number of alkyl carbamates (subject to hydrolysis) is 1. The quantitative estimate of drug-likeness (QED) is 0.273. The molecule has 1 aromatic rings. The van der Waals surface area contributed by atoms with Crippen LogP contribution in [0.4, 0.5) is 4.79 Å². The van der Waals surface area contributed by atoms with E-state index in [0.29, 0.717) is 24.2 Å². The van der Waals surface area contributed by atoms with E-state index in [1.807, 2.05) is 0 Å². The van der Waals surface area contributed by atoms with Gasteiger partial charge in [-0.2, -0.15) is 0 Å². The van der Waals surface area contributed by atoms with Crippen molar-refractivity contribution in [2.24, 2.45) is 11.3 Å². The summed E-state index contributed by atoms with van der Waals surface area (Å²) in [6.45, 7) is 13.7. The van der Waals surface area contributed by atoms with Crippen LogP contribution in [-0.4, -0.2) is 84.4 Å². The second-order valence-corrected chi connectivity index (χ2v) is 16.5. The number of ether oxygens (including phenoxy) is 2. The first kappa shape index (κ1) is 35.2. The number of carbonyl (C=O) groups excluding carboxylic acids is 4. The maximum Gasteiger partial charge on any atom is 0.408 e. The Morgan fingerprint density at radius 3 is 2.15 bits per heavy atom. The Morgan fingerprint density at radius 2 is 1.67 bits per heavy atom. The summed E-state index contributed by atoms with van der Waals surface area (Å²) in [5.41, 5.74) is -4.54. The van der Waals surface area contributed by atoms with Crippen LogP contribution in [0.15, 0.2) is 36.9 Å². The molecule has 3 fully saturated rings. The summed E-state index contributed by atoms with van der Waals surface area (Å²) in [4.78, 5) is 55.7. The van der Waals surface area contributed by atoms with Crippen LogP contribution in [0, 0.1) is 11.3 Å². The van der Waals surface area contributed by atoms with E-state index in [2.05, 4.69) is 21.9 Å². The van der Waals surface area contributed by atoms with Gasteiger partial charge in [-0.25, -0.2) is 13.2 Å². The molecule has 14 heteroatoms. The molecule has 0 aromatic heterocycles. The highest BCUT2D eigenvalue weighted by Gasteiger charge is 2.62. The van der Waals surface area contributed by atoms with Crippen LogP contribution in [0.3, 0.4) is 0 Å². The van der Waals surface area contributed by atoms with Crippen molar-refractivity contribution in [1.82, 2.24) is 20.3 Å². The van der Waals surface area contributed by atoms with E-state index in [-0.39, 0.29) is 19.4 Å². The van der Waals surface area contributed by atoms with Gasteiger partial charge in [0.2, 0.25) is 21.8 Å². The summed E-state index contributed by atoms with van der Waals surface area (Å²) in [6.07, 6.45) is 1.41. The number of hydrogen-bond donors (Lipinski definition) is 4. The highest BCUT2D eigenvalue weighted by molar-refractivity contribution is 7.91. The molecule has 0 unspecified atom stereocenters. The maximum atomic E-state index is 14.3. The first-order valence-electron chi connectivity index (χ1n) is 15.3. The number of amides is 4. The fourth-order valence-corrected chi connectivity index (χ4v) is 7.09. The molecule has 254 valence electrons. The smallest absolute Gasteiger partial charge is 0.408 e. The Bertz CT molecular complexity index is 1490. The van der Waals surface area contributed by atoms with Crippen molar-refractivity contribution >= 4 is 33.8 Å². The molecular formula is C32H46N4O9S. The monoisotopic (exact) mass is 662 g/mol. The Balaban J connectivity index is 1.67. The van der Waals surface area contributed by atoms with Crippen LogP contribution in [-0.2, 0) is 34.7 Å². The highest BCUT2D eigenvalue weighted by atomic mass is 32.2. The number of carbonyl (C=O) groups is 4. The Hall–Kier alpha value is -3.65. The predicted molar refractivity (Wildman–Crippen MR) is 169 cm³/mol. The normalized spacial score (nSPS) is 26.8. The molecule has 0 bridgehead atoms. The predicted octanol–water partition coefficient (Wildman–Crippen LogP) is 2.09. The lowest BCUT2D eigenvalue weighted by atomic mass is 9.85. The summed E-state index contributed by atoms with van der Waals surface area (Å²) in [6, 6.07) is 4.10. The van der Waals surface area contributed by atoms with Crippen molar-refractivity contribution in [3.8, 4) is 5.75 Å². The van der Waals surface area contributed by atoms with Crippen LogP contribution in [0.5, 0.6) is 5.75 Å². The van der Waals surface area contributed by atoms with Gasteiger partial charge in [0.05, 0.1) is 18.9 Å². The minimum Gasteiger partial charge on any atom is -0.497 e. The zero-order valence-electron chi connectivity index (χ0n) is 27.5. The van der Waals surface area contributed by atoms with Crippen molar-refractivity contribution in [3.63, 3.8) is 0 Å². The van der Waals surface area contributed by atoms with Crippen molar-refractivity contribution < 1.29 is 42.2 Å². The number of benzene rings is 1. The van der Waals surface area contributed by atoms with E-state index in [1.54, 1.807) is 65.8 Å². The Kier molecular flexibility index (Phi) is 9.32. The van der Waals surface area contributed by atoms with Crippen molar-refractivity contribution in [2.45, 2.75) is 101 Å². The number of nitrogens with zero attached hydrogens (tertiary/aromatic N) is 1. The van der Waals surface area contributed by atoms with Gasteiger partial charge in [-0.05, 0) is 63.1 Å². The molecule has 4 rings (SSSR count). The number of likely N-dealkylation sites (tertiary alicyclic amines) is 1. The molecule has 1 heterocycles. The van der Waals surface area contributed by atoms with E-state index in [1.165, 1.54) is 18.1 Å². The summed E-state index contributed by atoms with van der Waals surface area (Å²) in [5, 5.41) is 16.6. The summed E-state index contributed by atoms with van der Waals surface area (Å²) < 4.78 is 37.9. The number of rotatable bonds is 10. The minimum absolute atomic E-state index is 0.114. The lowest BCUT2D eigenvalue weighted by Crippen LogP contribution is -2.60. The van der Waals surface area contributed by atoms with Crippen LogP contribution >= 0.6 is 0 Å². The number of aliphatic hydroxyl groups is 1. The van der Waals surface area contributed by atoms with E-state index in [9.17, 15) is 32.7 Å². The average molecular weight is 663 g/mol. The van der Waals surface area contributed by atoms with Gasteiger partial charge < -0.3 is 30.1 Å². The molecule has 13 nitrogen and oxygen atoms in total. The molecule has 1 saturated heterocycles. The molecule has 0 radical (unpaired) electrons. The van der Waals surface area contributed by atoms with Gasteiger partial charge in [0.25, 0.3) is 5.91 Å². The van der Waals surface area contributed by atoms with Crippen molar-refractivity contribution in [3.05, 3.63) is 42.5 Å². The highest BCUT2D eigenvalue weighted by Crippen LogP contribution is 2.46. The number of sulfonamides is 1. The van der Waals surface area contributed by atoms with E-state index in [4.69, 9.17) is 9.47 Å². The second kappa shape index (κ2) is 12.2. The number of β-amino-alcohol motifs (C(OH)–C–C–N with tert-alkyl or cyclic N) is 1. The average Bonchev–Trinajstić information content (AvgIpc) is 3.87. The van der Waals surface area contributed by atoms with Crippen molar-refractivity contribution in [2.75, 3.05) is 13.7 Å². The zero-order chi connectivity index (χ0) is 34.5. The number of hydrogen-bond acceptors (Lipinski definition) is 9. The first-order valence-corrected chi connectivity index (χ1v) is 16.9. The molecule has 0 spiro atoms. The second-order valence-electron chi connectivity index (χ2n) is 14.6. The van der Waals surface area contributed by atoms with Crippen LogP contribution in [0.25, 0.3) is 0 Å². The van der Waals surface area contributed by atoms with E-state index in [0.717, 1.165) is 0 Å². The zero-order valence-corrected chi connectivity index (χ0v) is 28.3. The minimum atomic E-state index is -3.90. The van der Waals surface area contributed by atoms with E-state index >= 15 is 0 Å². The molecule has 3 aliphatic rings. The van der Waals surface area contributed by atoms with Crippen LogP contribution in [0.2, 0.25) is 0 Å². The topological polar surface area (TPSA) is 180 Å². The number of methoxy groups -OCH3 is 1. The standard InChI is InChI=1S/C32H46N4O9S/c1-9-19-16-32(19,27(39)35-46(42,43)22-14-15-22)34-25(37)23-17-31(41,20-10-12-21(44-8)13-11-20)18-36(23)26(38)24(29(2,3)4)33-28(40)45-30(5,6)7/h9-13,19,22-24,41H,1,14-18H2,2-8H3,(H,33,40)(H,34,37)(H,35,39)/t19-,23+,24-,31+,32-/m1/s1. The van der Waals surface area contributed by atoms with Crippen LogP contribution < -0.4 is 20.1 Å². The molecule has 2 saturated carbocycles. The molecule has 1 aliphatic heterocycles. The summed E-state index contributed by atoms with van der Waals surface area (Å²) in [7, 11) is -2.40. The Morgan fingerprint density at radius 1 is 1.07 bits per heavy atom. The largest absolute Gasteiger partial charge is 0.497 e. The summed E-state index contributed by atoms with van der Waals surface area (Å²) in [5.74, 6) is -2.29. The fraction of sp³-hybridized carbons (Fsp3) is 0.625. The van der Waals surface area contributed by atoms with Gasteiger partial charge in [0.15, 0.2) is 0 Å². The van der Waals surface area contributed by atoms with Gasteiger partial charge in [0, 0.05) is 12.3 Å². The fourth-order valence-electron chi connectivity index (χ4n) is 5.72. The lowest BCUT2D eigenvalue weighted by Gasteiger charge is -2.36. The third-order valence-electron chi connectivity index (χ3n) is 8.58. The summed E-state index contributed by atoms with van der Waals surface area (Å²) >= 11 is 0. The third kappa shape index (κ3) is 7.49.